The Kier molecular flexibility index (Phi) is 18.4. The van der Waals surface area contributed by atoms with Crippen LogP contribution in [-0.2, 0) is 4.79 Å². The molecule has 0 aliphatic carbocycles. The Hall–Kier alpha value is -1.48. The Labute approximate surface area is 152 Å². The molecular formula is C21H32O2S. The summed E-state index contributed by atoms with van der Waals surface area (Å²) in [5, 5.41) is 8.51. The van der Waals surface area contributed by atoms with E-state index in [4.69, 9.17) is 5.11 Å². The average Bonchev–Trinajstić information content (AvgIpc) is 2.56. The van der Waals surface area contributed by atoms with Gasteiger partial charge in [0, 0.05) is 5.75 Å². The summed E-state index contributed by atoms with van der Waals surface area (Å²) in [7, 11) is 0. The van der Waals surface area contributed by atoms with Crippen molar-refractivity contribution in [3.8, 4) is 0 Å². The molecule has 134 valence electrons. The zero-order valence-corrected chi connectivity index (χ0v) is 15.7. The SMILES string of the molecule is CC/C=C\C/C=C\C/C=C\C/C=C\C/C=C\CCSCCC(=O)O. The van der Waals surface area contributed by atoms with Gasteiger partial charge in [0.05, 0.1) is 6.42 Å². The largest absolute Gasteiger partial charge is 0.481 e. The first-order chi connectivity index (χ1) is 11.8. The number of thioether (sulfide) groups is 1. The second-order valence-electron chi connectivity index (χ2n) is 5.25. The standard InChI is InChI=1S/C21H32O2S/c1-2-3-4-5-6-7-8-9-10-11-12-13-14-15-16-17-19-24-20-18-21(22)23/h3-4,6-7,9-10,12-13,15-16H,2,5,8,11,14,17-20H2,1H3,(H,22,23)/b4-3-,7-6-,10-9-,13-12-,16-15-. The van der Waals surface area contributed by atoms with Crippen molar-refractivity contribution in [1.82, 2.24) is 0 Å². The van der Waals surface area contributed by atoms with Crippen LogP contribution in [0.4, 0.5) is 0 Å². The highest BCUT2D eigenvalue weighted by atomic mass is 32.2. The van der Waals surface area contributed by atoms with Gasteiger partial charge in [0.1, 0.15) is 0 Å². The van der Waals surface area contributed by atoms with Gasteiger partial charge in [-0.15, -0.1) is 0 Å². The fourth-order valence-corrected chi connectivity index (χ4v) is 2.61. The maximum Gasteiger partial charge on any atom is 0.304 e. The van der Waals surface area contributed by atoms with E-state index >= 15 is 0 Å². The van der Waals surface area contributed by atoms with Crippen LogP contribution in [0.25, 0.3) is 0 Å². The van der Waals surface area contributed by atoms with Crippen molar-refractivity contribution in [2.24, 2.45) is 0 Å². The molecule has 0 aliphatic rings. The quantitative estimate of drug-likeness (QED) is 0.277. The molecule has 3 heteroatoms. The van der Waals surface area contributed by atoms with Gasteiger partial charge in [-0.3, -0.25) is 4.79 Å². The number of hydrogen-bond acceptors (Lipinski definition) is 2. The fraction of sp³-hybridized carbons (Fsp3) is 0.476. The summed E-state index contributed by atoms with van der Waals surface area (Å²) in [5.41, 5.74) is 0. The first-order valence-corrected chi connectivity index (χ1v) is 9.97. The van der Waals surface area contributed by atoms with Crippen molar-refractivity contribution >= 4 is 17.7 Å². The minimum atomic E-state index is -0.711. The molecule has 0 saturated heterocycles. The molecule has 0 heterocycles. The van der Waals surface area contributed by atoms with E-state index in [1.807, 2.05) is 0 Å². The van der Waals surface area contributed by atoms with Crippen LogP contribution < -0.4 is 0 Å². The van der Waals surface area contributed by atoms with Gasteiger partial charge in [-0.2, -0.15) is 11.8 Å². The van der Waals surface area contributed by atoms with E-state index in [2.05, 4.69) is 67.7 Å². The molecule has 0 radical (unpaired) electrons. The highest BCUT2D eigenvalue weighted by Gasteiger charge is 1.94. The number of rotatable bonds is 15. The van der Waals surface area contributed by atoms with Crippen molar-refractivity contribution in [3.05, 3.63) is 60.8 Å². The summed E-state index contributed by atoms with van der Waals surface area (Å²) in [5.74, 6) is 0.996. The molecule has 1 N–H and O–H groups in total. The molecule has 0 amide bonds. The molecule has 0 rings (SSSR count). The fourth-order valence-electron chi connectivity index (χ4n) is 1.78. The Morgan fingerprint density at radius 2 is 1.21 bits per heavy atom. The van der Waals surface area contributed by atoms with E-state index in [0.29, 0.717) is 5.75 Å². The highest BCUT2D eigenvalue weighted by Crippen LogP contribution is 2.05. The molecular weight excluding hydrogens is 316 g/mol. The summed E-state index contributed by atoms with van der Waals surface area (Å²) < 4.78 is 0. The lowest BCUT2D eigenvalue weighted by Crippen LogP contribution is -1.96. The molecule has 0 aliphatic heterocycles. The molecule has 0 atom stereocenters. The van der Waals surface area contributed by atoms with Crippen LogP contribution in [0.5, 0.6) is 0 Å². The van der Waals surface area contributed by atoms with Gasteiger partial charge in [0.25, 0.3) is 0 Å². The predicted molar refractivity (Wildman–Crippen MR) is 109 cm³/mol. The molecule has 0 bridgehead atoms. The van der Waals surface area contributed by atoms with Crippen LogP contribution in [0, 0.1) is 0 Å². The third-order valence-corrected chi connectivity index (χ3v) is 4.06. The van der Waals surface area contributed by atoms with Crippen LogP contribution in [0.2, 0.25) is 0 Å². The van der Waals surface area contributed by atoms with Gasteiger partial charge in [-0.25, -0.2) is 0 Å². The Balaban J connectivity index is 3.42. The highest BCUT2D eigenvalue weighted by molar-refractivity contribution is 7.99. The van der Waals surface area contributed by atoms with Gasteiger partial charge in [0.15, 0.2) is 0 Å². The number of allylic oxidation sites excluding steroid dienone is 10. The summed E-state index contributed by atoms with van der Waals surface area (Å²) in [6.07, 6.45) is 28.3. The first kappa shape index (κ1) is 22.5. The number of hydrogen-bond donors (Lipinski definition) is 1. The van der Waals surface area contributed by atoms with Crippen molar-refractivity contribution < 1.29 is 9.90 Å². The summed E-state index contributed by atoms with van der Waals surface area (Å²) in [6, 6.07) is 0. The van der Waals surface area contributed by atoms with Crippen LogP contribution in [0.15, 0.2) is 60.8 Å². The van der Waals surface area contributed by atoms with E-state index < -0.39 is 5.97 Å². The van der Waals surface area contributed by atoms with E-state index in [0.717, 1.165) is 44.3 Å². The maximum atomic E-state index is 10.3. The number of carbonyl (C=O) groups is 1. The van der Waals surface area contributed by atoms with Gasteiger partial charge in [-0.1, -0.05) is 67.7 Å². The third-order valence-electron chi connectivity index (χ3n) is 3.05. The van der Waals surface area contributed by atoms with Gasteiger partial charge in [0.2, 0.25) is 0 Å². The van der Waals surface area contributed by atoms with E-state index in [-0.39, 0.29) is 6.42 Å². The van der Waals surface area contributed by atoms with E-state index in [1.54, 1.807) is 11.8 Å². The third kappa shape index (κ3) is 20.5. The second-order valence-corrected chi connectivity index (χ2v) is 6.48. The number of carboxylic acids is 1. The van der Waals surface area contributed by atoms with Gasteiger partial charge >= 0.3 is 5.97 Å². The van der Waals surface area contributed by atoms with Crippen molar-refractivity contribution in [1.29, 1.82) is 0 Å². The molecule has 0 unspecified atom stereocenters. The van der Waals surface area contributed by atoms with Crippen LogP contribution in [0.3, 0.4) is 0 Å². The molecule has 0 aromatic heterocycles. The van der Waals surface area contributed by atoms with Crippen LogP contribution in [-0.4, -0.2) is 22.6 Å². The Bertz CT molecular complexity index is 431. The predicted octanol–water partition coefficient (Wildman–Crippen LogP) is 6.34. The van der Waals surface area contributed by atoms with Crippen LogP contribution in [0.1, 0.15) is 51.9 Å². The van der Waals surface area contributed by atoms with Gasteiger partial charge < -0.3 is 5.11 Å². The summed E-state index contributed by atoms with van der Waals surface area (Å²) in [6.45, 7) is 2.15. The first-order valence-electron chi connectivity index (χ1n) is 8.81. The molecule has 0 fully saturated rings. The number of carboxylic acid groups (broad SMARTS) is 1. The lowest BCUT2D eigenvalue weighted by Gasteiger charge is -1.95. The Morgan fingerprint density at radius 1 is 0.750 bits per heavy atom. The normalized spacial score (nSPS) is 12.7. The Morgan fingerprint density at radius 3 is 1.67 bits per heavy atom. The second kappa shape index (κ2) is 19.6. The van der Waals surface area contributed by atoms with Crippen molar-refractivity contribution in [2.75, 3.05) is 11.5 Å². The molecule has 2 nitrogen and oxygen atoms in total. The zero-order valence-electron chi connectivity index (χ0n) is 14.9. The van der Waals surface area contributed by atoms with Gasteiger partial charge in [-0.05, 0) is 44.3 Å². The average molecular weight is 349 g/mol. The van der Waals surface area contributed by atoms with E-state index in [1.165, 1.54) is 0 Å². The monoisotopic (exact) mass is 348 g/mol. The molecule has 24 heavy (non-hydrogen) atoms. The van der Waals surface area contributed by atoms with E-state index in [9.17, 15) is 4.79 Å². The lowest BCUT2D eigenvalue weighted by molar-refractivity contribution is -0.136. The smallest absolute Gasteiger partial charge is 0.304 e. The molecule has 0 aromatic rings. The zero-order chi connectivity index (χ0) is 17.7. The summed E-state index contributed by atoms with van der Waals surface area (Å²) in [4.78, 5) is 10.3. The maximum absolute atomic E-state index is 10.3. The van der Waals surface area contributed by atoms with Crippen molar-refractivity contribution in [3.63, 3.8) is 0 Å². The lowest BCUT2D eigenvalue weighted by atomic mass is 10.2. The minimum Gasteiger partial charge on any atom is -0.481 e. The molecule has 0 spiro atoms. The number of aliphatic carboxylic acids is 1. The summed E-state index contributed by atoms with van der Waals surface area (Å²) >= 11 is 1.70. The van der Waals surface area contributed by atoms with Crippen LogP contribution >= 0.6 is 11.8 Å². The topological polar surface area (TPSA) is 37.3 Å². The molecule has 0 saturated carbocycles. The molecule has 0 aromatic carbocycles. The van der Waals surface area contributed by atoms with Crippen molar-refractivity contribution in [2.45, 2.75) is 51.9 Å². The minimum absolute atomic E-state index is 0.260.